The van der Waals surface area contributed by atoms with Gasteiger partial charge in [-0.1, -0.05) is 60.7 Å². The summed E-state index contributed by atoms with van der Waals surface area (Å²) >= 11 is 1.80. The van der Waals surface area contributed by atoms with E-state index in [4.69, 9.17) is 0 Å². The number of rotatable bonds is 3. The number of para-hydroxylation sites is 1. The van der Waals surface area contributed by atoms with Crippen molar-refractivity contribution in [3.63, 3.8) is 0 Å². The van der Waals surface area contributed by atoms with Crippen molar-refractivity contribution in [3.8, 4) is 22.5 Å². The fraction of sp³-hybridized carbons (Fsp3) is 0.0667. The second kappa shape index (κ2) is 7.36. The molecule has 0 amide bonds. The number of hydrogen-bond acceptors (Lipinski definition) is 1. The van der Waals surface area contributed by atoms with E-state index in [1.807, 2.05) is 0 Å². The Morgan fingerprint density at radius 3 is 2.39 bits per heavy atom. The first-order chi connectivity index (χ1) is 16.4. The van der Waals surface area contributed by atoms with Gasteiger partial charge in [-0.15, -0.1) is 11.3 Å². The highest BCUT2D eigenvalue weighted by Gasteiger charge is 2.18. The molecule has 0 unspecified atom stereocenters. The lowest BCUT2D eigenvalue weighted by atomic mass is 9.97. The van der Waals surface area contributed by atoms with Gasteiger partial charge in [-0.05, 0) is 60.2 Å². The Kier molecular flexibility index (Phi) is 4.18. The predicted molar refractivity (Wildman–Crippen MR) is 141 cm³/mol. The van der Waals surface area contributed by atoms with Crippen LogP contribution in [-0.2, 0) is 6.42 Å². The summed E-state index contributed by atoms with van der Waals surface area (Å²) in [6.45, 7) is 0. The maximum Gasteiger partial charge on any atom is 0.108 e. The molecule has 0 N–H and O–H groups in total. The molecule has 0 spiro atoms. The number of fused-ring (bicyclic) bond motifs is 4. The Hall–Kier alpha value is -3.82. The summed E-state index contributed by atoms with van der Waals surface area (Å²) in [4.78, 5) is 1.30. The highest BCUT2D eigenvalue weighted by molar-refractivity contribution is 7.17. The molecule has 6 aromatic rings. The lowest BCUT2D eigenvalue weighted by molar-refractivity contribution is 0.874. The van der Waals surface area contributed by atoms with Crippen LogP contribution in [0.15, 0.2) is 103 Å². The summed E-state index contributed by atoms with van der Waals surface area (Å²) in [6, 6.07) is 30.7. The van der Waals surface area contributed by atoms with Gasteiger partial charge in [-0.2, -0.15) is 0 Å². The van der Waals surface area contributed by atoms with Gasteiger partial charge in [0.25, 0.3) is 0 Å². The first-order valence-electron chi connectivity index (χ1n) is 11.4. The van der Waals surface area contributed by atoms with Gasteiger partial charge in [0, 0.05) is 45.2 Å². The molecule has 3 aromatic heterocycles. The zero-order valence-corrected chi connectivity index (χ0v) is 18.9. The summed E-state index contributed by atoms with van der Waals surface area (Å²) in [5.41, 5.74) is 9.02. The summed E-state index contributed by atoms with van der Waals surface area (Å²) in [7, 11) is 0. The van der Waals surface area contributed by atoms with Gasteiger partial charge in [0.15, 0.2) is 0 Å². The van der Waals surface area contributed by atoms with Crippen LogP contribution in [0, 0.1) is 0 Å². The molecule has 3 heteroatoms. The van der Waals surface area contributed by atoms with Crippen LogP contribution in [0.2, 0.25) is 0 Å². The average molecular weight is 443 g/mol. The molecular formula is C30H22N2S. The van der Waals surface area contributed by atoms with E-state index in [0.29, 0.717) is 0 Å². The van der Waals surface area contributed by atoms with Gasteiger partial charge >= 0.3 is 0 Å². The minimum Gasteiger partial charge on any atom is -0.320 e. The van der Waals surface area contributed by atoms with E-state index >= 15 is 0 Å². The Labute approximate surface area is 196 Å². The smallest absolute Gasteiger partial charge is 0.108 e. The van der Waals surface area contributed by atoms with Crippen molar-refractivity contribution in [1.29, 1.82) is 0 Å². The van der Waals surface area contributed by atoms with E-state index in [0.717, 1.165) is 12.8 Å². The minimum absolute atomic E-state index is 1.07. The molecule has 3 heterocycles. The van der Waals surface area contributed by atoms with Gasteiger partial charge in [-0.3, -0.25) is 0 Å². The molecule has 158 valence electrons. The maximum absolute atomic E-state index is 2.39. The third-order valence-electron chi connectivity index (χ3n) is 6.74. The summed E-state index contributed by atoms with van der Waals surface area (Å²) in [5.74, 6) is 0. The van der Waals surface area contributed by atoms with Crippen molar-refractivity contribution < 1.29 is 0 Å². The zero-order valence-electron chi connectivity index (χ0n) is 18.1. The molecule has 0 atom stereocenters. The molecule has 3 aromatic carbocycles. The van der Waals surface area contributed by atoms with Crippen molar-refractivity contribution in [1.82, 2.24) is 9.13 Å². The summed E-state index contributed by atoms with van der Waals surface area (Å²) in [6.07, 6.45) is 9.07. The van der Waals surface area contributed by atoms with Crippen molar-refractivity contribution in [2.45, 2.75) is 12.8 Å². The standard InChI is InChI=1S/C30H22N2S/c1-2-8-21(9-3-1)27-20-31(28-12-6-4-11-25(27)28)22-14-16-23(17-15-22)32-29-13-7-5-10-24(29)26-18-19-33-30(26)32/h1-5,7-11,13-20H,6,12H2. The van der Waals surface area contributed by atoms with E-state index in [1.54, 1.807) is 11.3 Å². The topological polar surface area (TPSA) is 9.86 Å². The molecule has 0 fully saturated rings. The lowest BCUT2D eigenvalue weighted by Gasteiger charge is -2.14. The van der Waals surface area contributed by atoms with Gasteiger partial charge in [0.05, 0.1) is 5.52 Å². The monoisotopic (exact) mass is 442 g/mol. The van der Waals surface area contributed by atoms with Gasteiger partial charge < -0.3 is 9.13 Å². The first-order valence-corrected chi connectivity index (χ1v) is 12.3. The van der Waals surface area contributed by atoms with Crippen molar-refractivity contribution in [2.24, 2.45) is 0 Å². The number of allylic oxidation sites excluding steroid dienone is 1. The average Bonchev–Trinajstić information content (AvgIpc) is 3.58. The van der Waals surface area contributed by atoms with Crippen molar-refractivity contribution >= 4 is 38.5 Å². The number of nitrogens with zero attached hydrogens (tertiary/aromatic N) is 2. The highest BCUT2D eigenvalue weighted by Crippen LogP contribution is 2.37. The normalized spacial score (nSPS) is 13.1. The molecule has 0 radical (unpaired) electrons. The number of thiophene rings is 1. The van der Waals surface area contributed by atoms with Crippen LogP contribution in [0.1, 0.15) is 17.7 Å². The number of benzene rings is 3. The van der Waals surface area contributed by atoms with E-state index in [9.17, 15) is 0 Å². The van der Waals surface area contributed by atoms with Crippen LogP contribution >= 0.6 is 11.3 Å². The van der Waals surface area contributed by atoms with E-state index in [2.05, 4.69) is 118 Å². The van der Waals surface area contributed by atoms with Crippen LogP contribution in [0.25, 0.3) is 49.7 Å². The second-order valence-electron chi connectivity index (χ2n) is 8.59. The Balaban J connectivity index is 1.37. The molecule has 33 heavy (non-hydrogen) atoms. The molecule has 1 aliphatic carbocycles. The van der Waals surface area contributed by atoms with E-state index < -0.39 is 0 Å². The third kappa shape index (κ3) is 2.86. The predicted octanol–water partition coefficient (Wildman–Crippen LogP) is 8.26. The maximum atomic E-state index is 2.39. The lowest BCUT2D eigenvalue weighted by Crippen LogP contribution is -2.02. The van der Waals surface area contributed by atoms with Crippen LogP contribution < -0.4 is 0 Å². The number of hydrogen-bond donors (Lipinski definition) is 0. The third-order valence-corrected chi connectivity index (χ3v) is 7.63. The molecule has 0 aliphatic heterocycles. The molecule has 0 saturated carbocycles. The van der Waals surface area contributed by atoms with E-state index in [-0.39, 0.29) is 0 Å². The van der Waals surface area contributed by atoms with Crippen molar-refractivity contribution in [3.05, 3.63) is 114 Å². The largest absolute Gasteiger partial charge is 0.320 e. The van der Waals surface area contributed by atoms with Gasteiger partial charge in [-0.25, -0.2) is 0 Å². The summed E-state index contributed by atoms with van der Waals surface area (Å²) < 4.78 is 4.78. The molecular weight excluding hydrogens is 420 g/mol. The van der Waals surface area contributed by atoms with Crippen LogP contribution in [0.5, 0.6) is 0 Å². The van der Waals surface area contributed by atoms with Crippen LogP contribution in [0.3, 0.4) is 0 Å². The molecule has 7 rings (SSSR count). The van der Waals surface area contributed by atoms with Gasteiger partial charge in [0.1, 0.15) is 4.83 Å². The molecule has 1 aliphatic rings. The quantitative estimate of drug-likeness (QED) is 0.261. The first kappa shape index (κ1) is 18.7. The summed E-state index contributed by atoms with van der Waals surface area (Å²) in [5, 5.41) is 4.84. The molecule has 2 nitrogen and oxygen atoms in total. The minimum atomic E-state index is 1.07. The Bertz CT molecular complexity index is 1640. The number of aromatic nitrogens is 2. The highest BCUT2D eigenvalue weighted by atomic mass is 32.1. The Morgan fingerprint density at radius 1 is 0.727 bits per heavy atom. The SMILES string of the molecule is C1=Cc2c(-c3ccccc3)cn(-c3ccc(-n4c5ccccc5c5ccsc54)cc3)c2CC1. The van der Waals surface area contributed by atoms with E-state index in [1.165, 1.54) is 54.9 Å². The van der Waals surface area contributed by atoms with Gasteiger partial charge in [0.2, 0.25) is 0 Å². The Morgan fingerprint density at radius 2 is 1.52 bits per heavy atom. The van der Waals surface area contributed by atoms with Crippen molar-refractivity contribution in [2.75, 3.05) is 0 Å². The second-order valence-corrected chi connectivity index (χ2v) is 9.48. The fourth-order valence-corrected chi connectivity index (χ4v) is 6.15. The van der Waals surface area contributed by atoms with Crippen LogP contribution in [0.4, 0.5) is 0 Å². The molecule has 0 bridgehead atoms. The molecule has 0 saturated heterocycles. The fourth-order valence-electron chi connectivity index (χ4n) is 5.21. The zero-order chi connectivity index (χ0) is 21.8. The van der Waals surface area contributed by atoms with Crippen LogP contribution in [-0.4, -0.2) is 9.13 Å².